The lowest BCUT2D eigenvalue weighted by Gasteiger charge is -2.36. The van der Waals surface area contributed by atoms with Crippen LogP contribution in [0.1, 0.15) is 43.2 Å². The average molecular weight is 381 g/mol. The van der Waals surface area contributed by atoms with Gasteiger partial charge in [0.2, 0.25) is 0 Å². The average Bonchev–Trinajstić information content (AvgIpc) is 2.73. The number of anilines is 1. The van der Waals surface area contributed by atoms with Crippen LogP contribution in [-0.2, 0) is 9.53 Å². The van der Waals surface area contributed by atoms with E-state index in [-0.39, 0.29) is 17.7 Å². The molecule has 1 fully saturated rings. The van der Waals surface area contributed by atoms with Crippen molar-refractivity contribution >= 4 is 11.8 Å². The highest BCUT2D eigenvalue weighted by molar-refractivity contribution is 5.70. The normalized spacial score (nSPS) is 15.7. The first-order chi connectivity index (χ1) is 13.6. The van der Waals surface area contributed by atoms with Crippen LogP contribution in [0.5, 0.6) is 0 Å². The Morgan fingerprint density at radius 2 is 2.00 bits per heavy atom. The van der Waals surface area contributed by atoms with E-state index in [0.29, 0.717) is 24.5 Å². The zero-order valence-corrected chi connectivity index (χ0v) is 16.0. The van der Waals surface area contributed by atoms with Crippen molar-refractivity contribution in [2.24, 2.45) is 5.92 Å². The number of piperidine rings is 1. The number of esters is 1. The fourth-order valence-corrected chi connectivity index (χ4v) is 3.84. The molecule has 2 heterocycles. The van der Waals surface area contributed by atoms with Gasteiger partial charge < -0.3 is 9.64 Å². The van der Waals surface area contributed by atoms with Crippen LogP contribution in [0.2, 0.25) is 0 Å². The Balaban J connectivity index is 1.70. The number of carbonyl (C=O) groups excluding carboxylic acids is 1. The van der Waals surface area contributed by atoms with Crippen LogP contribution in [0.3, 0.4) is 0 Å². The SMILES string of the molecule is CCOC(=O)CC(c1ccc(F)cc1)C1CCN(c2ccc(C#N)cn2)CC1. The number of rotatable bonds is 6. The molecular weight excluding hydrogens is 357 g/mol. The summed E-state index contributed by atoms with van der Waals surface area (Å²) in [7, 11) is 0. The van der Waals surface area contributed by atoms with Gasteiger partial charge in [0.1, 0.15) is 17.7 Å². The summed E-state index contributed by atoms with van der Waals surface area (Å²) in [5.74, 6) is 0.690. The first-order valence-corrected chi connectivity index (χ1v) is 9.63. The third-order valence-corrected chi connectivity index (χ3v) is 5.30. The van der Waals surface area contributed by atoms with E-state index in [4.69, 9.17) is 10.00 Å². The van der Waals surface area contributed by atoms with Gasteiger partial charge in [0, 0.05) is 19.3 Å². The van der Waals surface area contributed by atoms with Gasteiger partial charge >= 0.3 is 5.97 Å². The van der Waals surface area contributed by atoms with Gasteiger partial charge in [0.05, 0.1) is 18.6 Å². The standard InChI is InChI=1S/C22H24FN3O2/c1-2-28-22(27)13-20(17-4-6-19(23)7-5-17)18-9-11-26(12-10-18)21-8-3-16(14-24)15-25-21/h3-8,15,18,20H,2,9-13H2,1H3. The molecule has 146 valence electrons. The minimum absolute atomic E-state index is 0.00993. The largest absolute Gasteiger partial charge is 0.466 e. The third-order valence-electron chi connectivity index (χ3n) is 5.30. The van der Waals surface area contributed by atoms with Crippen molar-refractivity contribution in [1.29, 1.82) is 5.26 Å². The summed E-state index contributed by atoms with van der Waals surface area (Å²) in [4.78, 5) is 18.7. The summed E-state index contributed by atoms with van der Waals surface area (Å²) in [5, 5.41) is 8.91. The lowest BCUT2D eigenvalue weighted by molar-refractivity contribution is -0.143. The summed E-state index contributed by atoms with van der Waals surface area (Å²) >= 11 is 0. The van der Waals surface area contributed by atoms with Gasteiger partial charge in [-0.05, 0) is 61.4 Å². The molecule has 3 rings (SSSR count). The van der Waals surface area contributed by atoms with Crippen LogP contribution in [0.4, 0.5) is 10.2 Å². The van der Waals surface area contributed by atoms with Crippen molar-refractivity contribution in [3.63, 3.8) is 0 Å². The predicted molar refractivity (Wildman–Crippen MR) is 104 cm³/mol. The van der Waals surface area contributed by atoms with Crippen molar-refractivity contribution in [3.8, 4) is 6.07 Å². The first kappa shape index (κ1) is 19.8. The van der Waals surface area contributed by atoms with Crippen molar-refractivity contribution in [1.82, 2.24) is 4.98 Å². The molecule has 1 aromatic carbocycles. The molecule has 1 atom stereocenters. The number of ether oxygens (including phenoxy) is 1. The van der Waals surface area contributed by atoms with Gasteiger partial charge in [0.15, 0.2) is 0 Å². The van der Waals surface area contributed by atoms with Gasteiger partial charge in [-0.25, -0.2) is 9.37 Å². The van der Waals surface area contributed by atoms with E-state index < -0.39 is 0 Å². The molecule has 1 aliphatic rings. The number of benzene rings is 1. The maximum absolute atomic E-state index is 13.3. The van der Waals surface area contributed by atoms with E-state index in [2.05, 4.69) is 16.0 Å². The summed E-state index contributed by atoms with van der Waals surface area (Å²) in [5.41, 5.74) is 1.52. The van der Waals surface area contributed by atoms with Crippen LogP contribution in [-0.4, -0.2) is 30.6 Å². The second-order valence-electron chi connectivity index (χ2n) is 7.01. The van der Waals surface area contributed by atoms with Gasteiger partial charge in [-0.3, -0.25) is 4.79 Å². The molecule has 0 amide bonds. The molecule has 1 aromatic heterocycles. The smallest absolute Gasteiger partial charge is 0.306 e. The monoisotopic (exact) mass is 381 g/mol. The lowest BCUT2D eigenvalue weighted by atomic mass is 9.78. The molecule has 1 saturated heterocycles. The highest BCUT2D eigenvalue weighted by Gasteiger charge is 2.30. The predicted octanol–water partition coefficient (Wildman–Crippen LogP) is 4.05. The Bertz CT molecular complexity index is 822. The summed E-state index contributed by atoms with van der Waals surface area (Å²) in [6.07, 6.45) is 3.70. The molecule has 0 bridgehead atoms. The Kier molecular flexibility index (Phi) is 6.59. The molecule has 1 unspecified atom stereocenters. The number of aromatic nitrogens is 1. The number of halogens is 1. The summed E-state index contributed by atoms with van der Waals surface area (Å²) in [6.45, 7) is 3.81. The van der Waals surface area contributed by atoms with E-state index in [9.17, 15) is 9.18 Å². The summed E-state index contributed by atoms with van der Waals surface area (Å²) < 4.78 is 18.5. The second kappa shape index (κ2) is 9.32. The van der Waals surface area contributed by atoms with E-state index in [0.717, 1.165) is 37.3 Å². The third kappa shape index (κ3) is 4.86. The Morgan fingerprint density at radius 3 is 2.57 bits per heavy atom. The van der Waals surface area contributed by atoms with Crippen molar-refractivity contribution in [3.05, 3.63) is 59.5 Å². The number of nitrogens with zero attached hydrogens (tertiary/aromatic N) is 3. The first-order valence-electron chi connectivity index (χ1n) is 9.63. The van der Waals surface area contributed by atoms with E-state index in [1.165, 1.54) is 12.1 Å². The highest BCUT2D eigenvalue weighted by atomic mass is 19.1. The number of pyridine rings is 1. The van der Waals surface area contributed by atoms with Crippen LogP contribution in [0.25, 0.3) is 0 Å². The lowest BCUT2D eigenvalue weighted by Crippen LogP contribution is -2.36. The van der Waals surface area contributed by atoms with Gasteiger partial charge in [0.25, 0.3) is 0 Å². The van der Waals surface area contributed by atoms with Crippen molar-refractivity contribution in [2.45, 2.75) is 32.1 Å². The maximum atomic E-state index is 13.3. The molecule has 0 aliphatic carbocycles. The van der Waals surface area contributed by atoms with E-state index in [1.807, 2.05) is 6.07 Å². The molecule has 6 heteroatoms. The van der Waals surface area contributed by atoms with Gasteiger partial charge in [-0.1, -0.05) is 12.1 Å². The number of hydrogen-bond donors (Lipinski definition) is 0. The van der Waals surface area contributed by atoms with Crippen LogP contribution < -0.4 is 4.90 Å². The van der Waals surface area contributed by atoms with Crippen LogP contribution >= 0.6 is 0 Å². The van der Waals surface area contributed by atoms with Gasteiger partial charge in [-0.2, -0.15) is 5.26 Å². The van der Waals surface area contributed by atoms with E-state index >= 15 is 0 Å². The molecule has 0 radical (unpaired) electrons. The Morgan fingerprint density at radius 1 is 1.29 bits per heavy atom. The number of nitriles is 1. The summed E-state index contributed by atoms with van der Waals surface area (Å²) in [6, 6.07) is 12.2. The molecule has 0 saturated carbocycles. The zero-order valence-electron chi connectivity index (χ0n) is 16.0. The quantitative estimate of drug-likeness (QED) is 0.707. The highest BCUT2D eigenvalue weighted by Crippen LogP contribution is 2.36. The Hall–Kier alpha value is -2.94. The maximum Gasteiger partial charge on any atom is 0.306 e. The van der Waals surface area contributed by atoms with Crippen molar-refractivity contribution in [2.75, 3.05) is 24.6 Å². The number of carbonyl (C=O) groups is 1. The molecule has 2 aromatic rings. The molecule has 1 aliphatic heterocycles. The minimum atomic E-state index is -0.277. The van der Waals surface area contributed by atoms with Crippen molar-refractivity contribution < 1.29 is 13.9 Å². The Labute approximate surface area is 164 Å². The molecule has 5 nitrogen and oxygen atoms in total. The number of hydrogen-bond acceptors (Lipinski definition) is 5. The van der Waals surface area contributed by atoms with Crippen LogP contribution in [0, 0.1) is 23.1 Å². The van der Waals surface area contributed by atoms with Gasteiger partial charge in [-0.15, -0.1) is 0 Å². The molecule has 28 heavy (non-hydrogen) atoms. The fourth-order valence-electron chi connectivity index (χ4n) is 3.84. The minimum Gasteiger partial charge on any atom is -0.466 e. The topological polar surface area (TPSA) is 66.2 Å². The molecule has 0 N–H and O–H groups in total. The second-order valence-corrected chi connectivity index (χ2v) is 7.01. The van der Waals surface area contributed by atoms with E-state index in [1.54, 1.807) is 31.3 Å². The zero-order chi connectivity index (χ0) is 19.9. The van der Waals surface area contributed by atoms with Crippen LogP contribution in [0.15, 0.2) is 42.6 Å². The molecule has 0 spiro atoms. The molecular formula is C22H24FN3O2. The fraction of sp³-hybridized carbons (Fsp3) is 0.409.